The number of hydrogen-bond acceptors (Lipinski definition) is 3. The Morgan fingerprint density at radius 1 is 1.38 bits per heavy atom. The summed E-state index contributed by atoms with van der Waals surface area (Å²) in [4.78, 5) is 2.48. The van der Waals surface area contributed by atoms with Gasteiger partial charge in [0.25, 0.3) is 0 Å². The molecule has 0 aromatic rings. The summed E-state index contributed by atoms with van der Waals surface area (Å²) < 4.78 is 0. The van der Waals surface area contributed by atoms with Crippen LogP contribution < -0.4 is 0 Å². The topological polar surface area (TPSA) is 23.5 Å². The number of hydrogen-bond donors (Lipinski definition) is 2. The number of likely N-dealkylation sites (tertiary alicyclic amines) is 1. The molecule has 0 aliphatic carbocycles. The summed E-state index contributed by atoms with van der Waals surface area (Å²) in [7, 11) is 0. The second-order valence-electron chi connectivity index (χ2n) is 5.35. The zero-order chi connectivity index (χ0) is 12.2. The van der Waals surface area contributed by atoms with E-state index in [1.54, 1.807) is 0 Å². The summed E-state index contributed by atoms with van der Waals surface area (Å²) in [6.07, 6.45) is 3.58. The molecule has 0 aromatic heterocycles. The summed E-state index contributed by atoms with van der Waals surface area (Å²) >= 11 is 4.53. The molecule has 1 N–H and O–H groups in total. The predicted octanol–water partition coefficient (Wildman–Crippen LogP) is 2.43. The SMILES string of the molecule is CCC(CC)(CS)CN1CCC(C)C1CO. The minimum Gasteiger partial charge on any atom is -0.395 e. The lowest BCUT2D eigenvalue weighted by Gasteiger charge is -2.37. The Morgan fingerprint density at radius 3 is 2.44 bits per heavy atom. The molecular formula is C13H27NOS. The lowest BCUT2D eigenvalue weighted by atomic mass is 9.83. The molecule has 1 aliphatic rings. The fraction of sp³-hybridized carbons (Fsp3) is 1.00. The van der Waals surface area contributed by atoms with E-state index < -0.39 is 0 Å². The number of nitrogens with zero attached hydrogens (tertiary/aromatic N) is 1. The first-order valence-electron chi connectivity index (χ1n) is 6.58. The molecule has 3 heteroatoms. The Bertz CT molecular complexity index is 198. The fourth-order valence-electron chi connectivity index (χ4n) is 2.76. The van der Waals surface area contributed by atoms with Crippen molar-refractivity contribution in [1.82, 2.24) is 4.90 Å². The van der Waals surface area contributed by atoms with Gasteiger partial charge in [-0.05, 0) is 42.9 Å². The van der Waals surface area contributed by atoms with Gasteiger partial charge in [-0.15, -0.1) is 0 Å². The van der Waals surface area contributed by atoms with Crippen LogP contribution in [-0.2, 0) is 0 Å². The molecule has 1 rings (SSSR count). The van der Waals surface area contributed by atoms with Crippen molar-refractivity contribution in [3.8, 4) is 0 Å². The highest BCUT2D eigenvalue weighted by molar-refractivity contribution is 7.80. The van der Waals surface area contributed by atoms with Crippen molar-refractivity contribution >= 4 is 12.6 Å². The molecule has 1 aliphatic heterocycles. The van der Waals surface area contributed by atoms with Crippen molar-refractivity contribution in [1.29, 1.82) is 0 Å². The van der Waals surface area contributed by atoms with Crippen LogP contribution in [0.1, 0.15) is 40.0 Å². The molecule has 16 heavy (non-hydrogen) atoms. The average molecular weight is 245 g/mol. The molecule has 0 aromatic carbocycles. The third-order valence-electron chi connectivity index (χ3n) is 4.56. The van der Waals surface area contributed by atoms with Gasteiger partial charge in [0.1, 0.15) is 0 Å². The van der Waals surface area contributed by atoms with Crippen LogP contribution in [0.2, 0.25) is 0 Å². The average Bonchev–Trinajstić information content (AvgIpc) is 2.66. The van der Waals surface area contributed by atoms with E-state index >= 15 is 0 Å². The van der Waals surface area contributed by atoms with E-state index in [0.717, 1.165) is 18.8 Å². The minimum atomic E-state index is 0.303. The van der Waals surface area contributed by atoms with Gasteiger partial charge in [0.2, 0.25) is 0 Å². The lowest BCUT2D eigenvalue weighted by molar-refractivity contribution is 0.0943. The van der Waals surface area contributed by atoms with Gasteiger partial charge >= 0.3 is 0 Å². The molecule has 0 amide bonds. The van der Waals surface area contributed by atoms with Gasteiger partial charge in [0.15, 0.2) is 0 Å². The van der Waals surface area contributed by atoms with E-state index in [1.807, 2.05) is 0 Å². The zero-order valence-electron chi connectivity index (χ0n) is 10.9. The number of aliphatic hydroxyl groups is 1. The highest BCUT2D eigenvalue weighted by atomic mass is 32.1. The molecule has 0 spiro atoms. The Labute approximate surface area is 106 Å². The Balaban J connectivity index is 2.64. The van der Waals surface area contributed by atoms with Crippen LogP contribution in [0.5, 0.6) is 0 Å². The van der Waals surface area contributed by atoms with Crippen molar-refractivity contribution in [2.24, 2.45) is 11.3 Å². The van der Waals surface area contributed by atoms with Gasteiger partial charge < -0.3 is 5.11 Å². The first-order valence-corrected chi connectivity index (χ1v) is 7.21. The molecule has 2 unspecified atom stereocenters. The monoisotopic (exact) mass is 245 g/mol. The standard InChI is InChI=1S/C13H27NOS/c1-4-13(5-2,10-16)9-14-7-6-11(3)12(14)8-15/h11-12,15-16H,4-10H2,1-3H3. The van der Waals surface area contributed by atoms with Gasteiger partial charge in [-0.25, -0.2) is 0 Å². The largest absolute Gasteiger partial charge is 0.395 e. The number of aliphatic hydroxyl groups excluding tert-OH is 1. The first-order chi connectivity index (χ1) is 7.62. The maximum atomic E-state index is 9.46. The minimum absolute atomic E-state index is 0.303. The Hall–Kier alpha value is 0.270. The highest BCUT2D eigenvalue weighted by Gasteiger charge is 2.35. The second kappa shape index (κ2) is 6.27. The van der Waals surface area contributed by atoms with Gasteiger partial charge in [-0.2, -0.15) is 12.6 Å². The summed E-state index contributed by atoms with van der Waals surface area (Å²) in [6, 6.07) is 0.373. The first kappa shape index (κ1) is 14.3. The highest BCUT2D eigenvalue weighted by Crippen LogP contribution is 2.33. The van der Waals surface area contributed by atoms with Crippen LogP contribution in [0, 0.1) is 11.3 Å². The fourth-order valence-corrected chi connectivity index (χ4v) is 3.30. The van der Waals surface area contributed by atoms with Crippen molar-refractivity contribution in [2.75, 3.05) is 25.4 Å². The zero-order valence-corrected chi connectivity index (χ0v) is 11.8. The summed E-state index contributed by atoms with van der Waals surface area (Å²) in [5.41, 5.74) is 0.334. The molecule has 0 saturated carbocycles. The second-order valence-corrected chi connectivity index (χ2v) is 5.67. The number of thiol groups is 1. The van der Waals surface area contributed by atoms with Crippen LogP contribution >= 0.6 is 12.6 Å². The maximum Gasteiger partial charge on any atom is 0.0589 e. The van der Waals surface area contributed by atoms with E-state index in [9.17, 15) is 5.11 Å². The van der Waals surface area contributed by atoms with Gasteiger partial charge in [0, 0.05) is 12.6 Å². The van der Waals surface area contributed by atoms with E-state index in [4.69, 9.17) is 0 Å². The van der Waals surface area contributed by atoms with Gasteiger partial charge in [-0.3, -0.25) is 4.90 Å². The Morgan fingerprint density at radius 2 is 2.00 bits per heavy atom. The van der Waals surface area contributed by atoms with E-state index in [0.29, 0.717) is 24.0 Å². The summed E-state index contributed by atoms with van der Waals surface area (Å²) in [5.74, 6) is 1.58. The predicted molar refractivity (Wildman–Crippen MR) is 73.1 cm³/mol. The van der Waals surface area contributed by atoms with Crippen LogP contribution in [0.15, 0.2) is 0 Å². The van der Waals surface area contributed by atoms with Crippen molar-refractivity contribution < 1.29 is 5.11 Å². The van der Waals surface area contributed by atoms with Crippen molar-refractivity contribution in [3.05, 3.63) is 0 Å². The van der Waals surface area contributed by atoms with E-state index in [2.05, 4.69) is 38.3 Å². The molecule has 0 bridgehead atoms. The molecular weight excluding hydrogens is 218 g/mol. The third kappa shape index (κ3) is 2.93. The molecule has 2 nitrogen and oxygen atoms in total. The van der Waals surface area contributed by atoms with Crippen LogP contribution in [-0.4, -0.2) is 41.5 Å². The van der Waals surface area contributed by atoms with E-state index in [-0.39, 0.29) is 0 Å². The quantitative estimate of drug-likeness (QED) is 0.702. The third-order valence-corrected chi connectivity index (χ3v) is 5.23. The van der Waals surface area contributed by atoms with Crippen LogP contribution in [0.25, 0.3) is 0 Å². The summed E-state index contributed by atoms with van der Waals surface area (Å²) in [5, 5.41) is 9.46. The molecule has 0 radical (unpaired) electrons. The molecule has 96 valence electrons. The molecule has 2 atom stereocenters. The molecule has 1 heterocycles. The van der Waals surface area contributed by atoms with Crippen molar-refractivity contribution in [2.45, 2.75) is 46.1 Å². The normalized spacial score (nSPS) is 27.6. The lowest BCUT2D eigenvalue weighted by Crippen LogP contribution is -2.43. The smallest absolute Gasteiger partial charge is 0.0589 e. The molecule has 1 fully saturated rings. The summed E-state index contributed by atoms with van der Waals surface area (Å²) in [6.45, 7) is 9.31. The van der Waals surface area contributed by atoms with Crippen LogP contribution in [0.3, 0.4) is 0 Å². The Kier molecular flexibility index (Phi) is 5.62. The van der Waals surface area contributed by atoms with E-state index in [1.165, 1.54) is 19.3 Å². The molecule has 1 saturated heterocycles. The van der Waals surface area contributed by atoms with Gasteiger partial charge in [0.05, 0.1) is 6.61 Å². The van der Waals surface area contributed by atoms with Crippen LogP contribution in [0.4, 0.5) is 0 Å². The maximum absolute atomic E-state index is 9.46. The van der Waals surface area contributed by atoms with Gasteiger partial charge in [-0.1, -0.05) is 20.8 Å². The number of rotatable bonds is 6. The van der Waals surface area contributed by atoms with Crippen molar-refractivity contribution in [3.63, 3.8) is 0 Å².